The number of hydrogen-bond acceptors (Lipinski definition) is 5. The van der Waals surface area contributed by atoms with Crippen molar-refractivity contribution in [2.75, 3.05) is 41.7 Å². The van der Waals surface area contributed by atoms with Gasteiger partial charge in [0.1, 0.15) is 18.0 Å². The van der Waals surface area contributed by atoms with Crippen LogP contribution >= 0.6 is 0 Å². The third-order valence-electron chi connectivity index (χ3n) is 4.43. The van der Waals surface area contributed by atoms with E-state index in [1.54, 1.807) is 6.33 Å². The zero-order valence-corrected chi connectivity index (χ0v) is 15.4. The third-order valence-corrected chi connectivity index (χ3v) is 4.43. The molecule has 0 atom stereocenters. The molecular formula is C19H26N6O. The number of aromatic nitrogens is 2. The molecule has 3 rings (SSSR count). The molecule has 1 aromatic carbocycles. The molecule has 0 unspecified atom stereocenters. The fourth-order valence-electron chi connectivity index (χ4n) is 3.05. The van der Waals surface area contributed by atoms with Gasteiger partial charge in [0.2, 0.25) is 0 Å². The Morgan fingerprint density at radius 3 is 2.69 bits per heavy atom. The molecule has 7 nitrogen and oxygen atoms in total. The maximum absolute atomic E-state index is 12.0. The molecule has 7 heteroatoms. The highest BCUT2D eigenvalue weighted by Gasteiger charge is 2.13. The quantitative estimate of drug-likeness (QED) is 0.695. The first-order valence-electron chi connectivity index (χ1n) is 9.05. The number of carbonyl (C=O) groups excluding carboxylic acids is 1. The van der Waals surface area contributed by atoms with Gasteiger partial charge in [0.05, 0.1) is 0 Å². The fraction of sp³-hybridized carbons (Fsp3) is 0.421. The van der Waals surface area contributed by atoms with Gasteiger partial charge in [-0.05, 0) is 38.3 Å². The van der Waals surface area contributed by atoms with Crippen molar-refractivity contribution in [2.24, 2.45) is 0 Å². The second-order valence-electron chi connectivity index (χ2n) is 6.58. The second-order valence-corrected chi connectivity index (χ2v) is 6.58. The van der Waals surface area contributed by atoms with E-state index >= 15 is 0 Å². The molecule has 0 bridgehead atoms. The molecule has 1 aromatic heterocycles. The van der Waals surface area contributed by atoms with Gasteiger partial charge in [0.15, 0.2) is 0 Å². The molecule has 2 amide bonds. The van der Waals surface area contributed by atoms with Crippen molar-refractivity contribution in [3.05, 3.63) is 41.7 Å². The summed E-state index contributed by atoms with van der Waals surface area (Å²) in [5.41, 5.74) is 3.05. The Morgan fingerprint density at radius 2 is 1.92 bits per heavy atom. The Hall–Kier alpha value is -2.83. The number of benzene rings is 1. The lowest BCUT2D eigenvalue weighted by Gasteiger charge is -2.16. The summed E-state index contributed by atoms with van der Waals surface area (Å²) in [7, 11) is 0. The Labute approximate surface area is 154 Å². The van der Waals surface area contributed by atoms with Crippen LogP contribution in [0.4, 0.5) is 22.1 Å². The fourth-order valence-corrected chi connectivity index (χ4v) is 3.05. The maximum Gasteiger partial charge on any atom is 0.319 e. The molecule has 1 aliphatic rings. The Morgan fingerprint density at radius 1 is 1.12 bits per heavy atom. The van der Waals surface area contributed by atoms with Crippen molar-refractivity contribution in [1.29, 1.82) is 0 Å². The van der Waals surface area contributed by atoms with Crippen LogP contribution in [-0.4, -0.2) is 42.2 Å². The molecule has 1 saturated heterocycles. The van der Waals surface area contributed by atoms with E-state index < -0.39 is 0 Å². The van der Waals surface area contributed by atoms with Gasteiger partial charge in [-0.15, -0.1) is 0 Å². The van der Waals surface area contributed by atoms with Crippen molar-refractivity contribution in [3.63, 3.8) is 0 Å². The Balaban J connectivity index is 1.42. The van der Waals surface area contributed by atoms with E-state index in [1.165, 1.54) is 18.4 Å². The van der Waals surface area contributed by atoms with Gasteiger partial charge in [-0.1, -0.05) is 17.7 Å². The summed E-state index contributed by atoms with van der Waals surface area (Å²) in [5.74, 6) is 1.74. The summed E-state index contributed by atoms with van der Waals surface area (Å²) < 4.78 is 0. The first kappa shape index (κ1) is 18.0. The standard InChI is InChI=1S/C19H26N6O/c1-14-5-6-16(15(2)11-14)24-19(26)21-8-7-20-17-12-18(23-13-22-17)25-9-3-4-10-25/h5-6,11-13H,3-4,7-10H2,1-2H3,(H,20,22,23)(H2,21,24,26). The molecule has 0 aliphatic carbocycles. The Kier molecular flexibility index (Phi) is 5.88. The van der Waals surface area contributed by atoms with Gasteiger partial charge in [0.25, 0.3) is 0 Å². The molecule has 3 N–H and O–H groups in total. The lowest BCUT2D eigenvalue weighted by molar-refractivity contribution is 0.252. The zero-order chi connectivity index (χ0) is 18.4. The summed E-state index contributed by atoms with van der Waals surface area (Å²) >= 11 is 0. The second kappa shape index (κ2) is 8.51. The minimum absolute atomic E-state index is 0.209. The molecule has 0 spiro atoms. The van der Waals surface area contributed by atoms with Crippen LogP contribution in [0, 0.1) is 13.8 Å². The van der Waals surface area contributed by atoms with Crippen LogP contribution < -0.4 is 20.9 Å². The van der Waals surface area contributed by atoms with Gasteiger partial charge in [-0.3, -0.25) is 0 Å². The first-order valence-corrected chi connectivity index (χ1v) is 9.05. The van der Waals surface area contributed by atoms with Crippen LogP contribution in [0.5, 0.6) is 0 Å². The Bertz CT molecular complexity index is 757. The van der Waals surface area contributed by atoms with Gasteiger partial charge in [-0.2, -0.15) is 0 Å². The van der Waals surface area contributed by atoms with E-state index in [-0.39, 0.29) is 6.03 Å². The van der Waals surface area contributed by atoms with E-state index in [4.69, 9.17) is 0 Å². The zero-order valence-electron chi connectivity index (χ0n) is 15.4. The number of urea groups is 1. The molecule has 138 valence electrons. The molecule has 2 aromatic rings. The van der Waals surface area contributed by atoms with E-state index in [1.807, 2.05) is 38.1 Å². The molecule has 1 aliphatic heterocycles. The number of carbonyl (C=O) groups is 1. The molecule has 2 heterocycles. The highest BCUT2D eigenvalue weighted by Crippen LogP contribution is 2.19. The average Bonchev–Trinajstić information content (AvgIpc) is 3.16. The van der Waals surface area contributed by atoms with Crippen LogP contribution in [-0.2, 0) is 0 Å². The minimum Gasteiger partial charge on any atom is -0.368 e. The summed E-state index contributed by atoms with van der Waals surface area (Å²) in [6, 6.07) is 7.70. The summed E-state index contributed by atoms with van der Waals surface area (Å²) in [6.07, 6.45) is 4.01. The van der Waals surface area contributed by atoms with Crippen molar-refractivity contribution < 1.29 is 4.79 Å². The molecule has 1 fully saturated rings. The molecule has 0 radical (unpaired) electrons. The van der Waals surface area contributed by atoms with Gasteiger partial charge in [0, 0.05) is 37.9 Å². The number of nitrogens with zero attached hydrogens (tertiary/aromatic N) is 3. The van der Waals surface area contributed by atoms with E-state index in [0.717, 1.165) is 36.0 Å². The van der Waals surface area contributed by atoms with Crippen LogP contribution in [0.3, 0.4) is 0 Å². The third kappa shape index (κ3) is 4.84. The smallest absolute Gasteiger partial charge is 0.319 e. The highest BCUT2D eigenvalue weighted by molar-refractivity contribution is 5.90. The van der Waals surface area contributed by atoms with Crippen LogP contribution in [0.15, 0.2) is 30.6 Å². The van der Waals surface area contributed by atoms with Crippen molar-refractivity contribution in [3.8, 4) is 0 Å². The number of amides is 2. The van der Waals surface area contributed by atoms with Crippen LogP contribution in [0.25, 0.3) is 0 Å². The van der Waals surface area contributed by atoms with E-state index in [2.05, 4.69) is 30.8 Å². The number of aryl methyl sites for hydroxylation is 2. The predicted octanol–water partition coefficient (Wildman–Crippen LogP) is 2.93. The number of nitrogens with one attached hydrogen (secondary N) is 3. The largest absolute Gasteiger partial charge is 0.368 e. The average molecular weight is 354 g/mol. The predicted molar refractivity (Wildman–Crippen MR) is 105 cm³/mol. The lowest BCUT2D eigenvalue weighted by atomic mass is 10.1. The first-order chi connectivity index (χ1) is 12.6. The van der Waals surface area contributed by atoms with Crippen LogP contribution in [0.1, 0.15) is 24.0 Å². The molecular weight excluding hydrogens is 328 g/mol. The van der Waals surface area contributed by atoms with Crippen molar-refractivity contribution in [1.82, 2.24) is 15.3 Å². The maximum atomic E-state index is 12.0. The topological polar surface area (TPSA) is 82.2 Å². The summed E-state index contributed by atoms with van der Waals surface area (Å²) in [5, 5.41) is 8.95. The lowest BCUT2D eigenvalue weighted by Crippen LogP contribution is -2.33. The highest BCUT2D eigenvalue weighted by atomic mass is 16.2. The van der Waals surface area contributed by atoms with Gasteiger partial charge < -0.3 is 20.9 Å². The summed E-state index contributed by atoms with van der Waals surface area (Å²) in [6.45, 7) is 7.21. The van der Waals surface area contributed by atoms with Crippen molar-refractivity contribution >= 4 is 23.4 Å². The normalized spacial score (nSPS) is 13.5. The van der Waals surface area contributed by atoms with Crippen LogP contribution in [0.2, 0.25) is 0 Å². The number of anilines is 3. The SMILES string of the molecule is Cc1ccc(NC(=O)NCCNc2cc(N3CCCC3)ncn2)c(C)c1. The molecule has 0 saturated carbocycles. The van der Waals surface area contributed by atoms with E-state index in [9.17, 15) is 4.79 Å². The van der Waals surface area contributed by atoms with Crippen molar-refractivity contribution in [2.45, 2.75) is 26.7 Å². The monoisotopic (exact) mass is 354 g/mol. The minimum atomic E-state index is -0.209. The summed E-state index contributed by atoms with van der Waals surface area (Å²) in [4.78, 5) is 22.8. The molecule has 26 heavy (non-hydrogen) atoms. The number of rotatable bonds is 6. The number of hydrogen-bond donors (Lipinski definition) is 3. The van der Waals surface area contributed by atoms with E-state index in [0.29, 0.717) is 13.1 Å². The van der Waals surface area contributed by atoms with Gasteiger partial charge in [-0.25, -0.2) is 14.8 Å². The van der Waals surface area contributed by atoms with Gasteiger partial charge >= 0.3 is 6.03 Å².